The second kappa shape index (κ2) is 5.11. The molecule has 1 heterocycles. The molecule has 1 aliphatic rings. The van der Waals surface area contributed by atoms with Crippen molar-refractivity contribution in [1.82, 2.24) is 4.90 Å². The lowest BCUT2D eigenvalue weighted by molar-refractivity contribution is 0.0742. The molecule has 3 nitrogen and oxygen atoms in total. The third-order valence-corrected chi connectivity index (χ3v) is 3.87. The first kappa shape index (κ1) is 13.1. The van der Waals surface area contributed by atoms with Crippen LogP contribution < -0.4 is 5.73 Å². The summed E-state index contributed by atoms with van der Waals surface area (Å²) in [4.78, 5) is 14.5. The first-order valence-corrected chi connectivity index (χ1v) is 6.61. The van der Waals surface area contributed by atoms with Crippen molar-refractivity contribution in [2.24, 2.45) is 11.7 Å². The Labute approximate surface area is 109 Å². The second-order valence-corrected chi connectivity index (χ2v) is 5.46. The maximum atomic E-state index is 12.5. The maximum absolute atomic E-state index is 12.5. The Balaban J connectivity index is 2.21. The van der Waals surface area contributed by atoms with Crippen molar-refractivity contribution >= 4 is 5.91 Å². The summed E-state index contributed by atoms with van der Waals surface area (Å²) < 4.78 is 0. The van der Waals surface area contributed by atoms with E-state index in [2.05, 4.69) is 13.0 Å². The molecule has 1 aliphatic heterocycles. The topological polar surface area (TPSA) is 46.3 Å². The summed E-state index contributed by atoms with van der Waals surface area (Å²) >= 11 is 0. The molecule has 2 rings (SSSR count). The molecule has 98 valence electrons. The Kier molecular flexibility index (Phi) is 3.71. The van der Waals surface area contributed by atoms with Crippen molar-refractivity contribution in [3.05, 3.63) is 34.9 Å². The summed E-state index contributed by atoms with van der Waals surface area (Å²) in [5.41, 5.74) is 8.78. The minimum Gasteiger partial charge on any atom is -0.336 e. The van der Waals surface area contributed by atoms with Crippen LogP contribution in [0, 0.1) is 19.8 Å². The highest BCUT2D eigenvalue weighted by Gasteiger charge is 2.32. The molecule has 2 N–H and O–H groups in total. The number of carbonyl (C=O) groups excluding carboxylic acids is 1. The summed E-state index contributed by atoms with van der Waals surface area (Å²) in [6.45, 7) is 7.62. The number of amides is 1. The van der Waals surface area contributed by atoms with Gasteiger partial charge in [-0.1, -0.05) is 17.7 Å². The lowest BCUT2D eigenvalue weighted by Gasteiger charge is -2.22. The third-order valence-electron chi connectivity index (χ3n) is 3.87. The largest absolute Gasteiger partial charge is 0.336 e. The molecule has 3 heteroatoms. The van der Waals surface area contributed by atoms with Crippen molar-refractivity contribution < 1.29 is 4.79 Å². The molecular weight excluding hydrogens is 224 g/mol. The fourth-order valence-electron chi connectivity index (χ4n) is 2.80. The quantitative estimate of drug-likeness (QED) is 0.868. The van der Waals surface area contributed by atoms with E-state index in [1.165, 1.54) is 5.56 Å². The number of benzene rings is 1. The third kappa shape index (κ3) is 2.41. The van der Waals surface area contributed by atoms with Gasteiger partial charge in [0.15, 0.2) is 0 Å². The van der Waals surface area contributed by atoms with E-state index in [4.69, 9.17) is 5.73 Å². The first-order valence-electron chi connectivity index (χ1n) is 6.61. The van der Waals surface area contributed by atoms with E-state index in [1.54, 1.807) is 0 Å². The highest BCUT2D eigenvalue weighted by Crippen LogP contribution is 2.25. The van der Waals surface area contributed by atoms with Gasteiger partial charge >= 0.3 is 0 Å². The monoisotopic (exact) mass is 246 g/mol. The predicted molar refractivity (Wildman–Crippen MR) is 73.6 cm³/mol. The van der Waals surface area contributed by atoms with Crippen LogP contribution in [0.2, 0.25) is 0 Å². The number of carbonyl (C=O) groups is 1. The van der Waals surface area contributed by atoms with Crippen LogP contribution >= 0.6 is 0 Å². The molecule has 0 aromatic heterocycles. The lowest BCUT2D eigenvalue weighted by atomic mass is 10.0. The molecule has 2 atom stereocenters. The molecule has 0 radical (unpaired) electrons. The van der Waals surface area contributed by atoms with Crippen LogP contribution in [0.25, 0.3) is 0 Å². The lowest BCUT2D eigenvalue weighted by Crippen LogP contribution is -2.34. The number of rotatable bonds is 2. The summed E-state index contributed by atoms with van der Waals surface area (Å²) in [5.74, 6) is 0.602. The number of nitrogens with zero attached hydrogens (tertiary/aromatic N) is 1. The fourth-order valence-corrected chi connectivity index (χ4v) is 2.80. The first-order chi connectivity index (χ1) is 8.52. The molecule has 1 fully saturated rings. The van der Waals surface area contributed by atoms with E-state index in [0.717, 1.165) is 24.1 Å². The van der Waals surface area contributed by atoms with Gasteiger partial charge in [-0.25, -0.2) is 0 Å². The predicted octanol–water partition coefficient (Wildman–Crippen LogP) is 2.11. The van der Waals surface area contributed by atoms with Crippen molar-refractivity contribution in [2.75, 3.05) is 13.1 Å². The molecule has 0 bridgehead atoms. The second-order valence-electron chi connectivity index (χ2n) is 5.46. The van der Waals surface area contributed by atoms with Crippen LogP contribution in [0.15, 0.2) is 18.2 Å². The maximum Gasteiger partial charge on any atom is 0.254 e. The van der Waals surface area contributed by atoms with Crippen molar-refractivity contribution in [2.45, 2.75) is 33.2 Å². The van der Waals surface area contributed by atoms with Crippen LogP contribution in [0.5, 0.6) is 0 Å². The van der Waals surface area contributed by atoms with E-state index < -0.39 is 0 Å². The van der Waals surface area contributed by atoms with Crippen LogP contribution in [-0.2, 0) is 0 Å². The Hall–Kier alpha value is -1.35. The van der Waals surface area contributed by atoms with Gasteiger partial charge in [-0.15, -0.1) is 0 Å². The van der Waals surface area contributed by atoms with Crippen LogP contribution in [0.3, 0.4) is 0 Å². The minimum atomic E-state index is 0.149. The Morgan fingerprint density at radius 1 is 1.44 bits per heavy atom. The van der Waals surface area contributed by atoms with Gasteiger partial charge in [-0.2, -0.15) is 0 Å². The molecule has 0 saturated carbocycles. The smallest absolute Gasteiger partial charge is 0.254 e. The molecule has 0 spiro atoms. The average molecular weight is 246 g/mol. The molecule has 0 aliphatic carbocycles. The zero-order chi connectivity index (χ0) is 13.3. The number of likely N-dealkylation sites (tertiary alicyclic amines) is 1. The highest BCUT2D eigenvalue weighted by molar-refractivity contribution is 5.96. The van der Waals surface area contributed by atoms with E-state index in [-0.39, 0.29) is 5.91 Å². The van der Waals surface area contributed by atoms with Gasteiger partial charge in [-0.05, 0) is 51.3 Å². The van der Waals surface area contributed by atoms with Gasteiger partial charge in [-0.3, -0.25) is 4.79 Å². The molecule has 1 aromatic rings. The van der Waals surface area contributed by atoms with Crippen molar-refractivity contribution in [1.29, 1.82) is 0 Å². The summed E-state index contributed by atoms with van der Waals surface area (Å²) in [6.07, 6.45) is 1.02. The van der Waals surface area contributed by atoms with Gasteiger partial charge in [0, 0.05) is 18.2 Å². The molecule has 18 heavy (non-hydrogen) atoms. The minimum absolute atomic E-state index is 0.149. The van der Waals surface area contributed by atoms with Gasteiger partial charge < -0.3 is 10.6 Å². The summed E-state index contributed by atoms with van der Waals surface area (Å²) in [5, 5.41) is 0. The van der Waals surface area contributed by atoms with E-state index in [0.29, 0.717) is 18.5 Å². The number of nitrogens with two attached hydrogens (primary N) is 1. The van der Waals surface area contributed by atoms with Gasteiger partial charge in [0.2, 0.25) is 0 Å². The van der Waals surface area contributed by atoms with E-state index in [1.807, 2.05) is 30.9 Å². The van der Waals surface area contributed by atoms with Crippen LogP contribution in [0.4, 0.5) is 0 Å². The van der Waals surface area contributed by atoms with Gasteiger partial charge in [0.25, 0.3) is 5.91 Å². The highest BCUT2D eigenvalue weighted by atomic mass is 16.2. The van der Waals surface area contributed by atoms with Gasteiger partial charge in [0.05, 0.1) is 0 Å². The Morgan fingerprint density at radius 3 is 2.72 bits per heavy atom. The van der Waals surface area contributed by atoms with Gasteiger partial charge in [0.1, 0.15) is 0 Å². The zero-order valence-electron chi connectivity index (χ0n) is 11.4. The molecule has 1 saturated heterocycles. The fraction of sp³-hybridized carbons (Fsp3) is 0.533. The molecule has 1 aromatic carbocycles. The Bertz CT molecular complexity index is 456. The van der Waals surface area contributed by atoms with Crippen molar-refractivity contribution in [3.63, 3.8) is 0 Å². The Morgan fingerprint density at radius 2 is 2.17 bits per heavy atom. The van der Waals surface area contributed by atoms with Crippen LogP contribution in [-0.4, -0.2) is 29.9 Å². The molecule has 2 unspecified atom stereocenters. The van der Waals surface area contributed by atoms with Crippen molar-refractivity contribution in [3.8, 4) is 0 Å². The number of aryl methyl sites for hydroxylation is 2. The van der Waals surface area contributed by atoms with E-state index in [9.17, 15) is 4.79 Å². The summed E-state index contributed by atoms with van der Waals surface area (Å²) in [6, 6.07) is 6.30. The SMILES string of the molecule is Cc1ccc(C(=O)N2CC(CN)CC2C)c(C)c1. The van der Waals surface area contributed by atoms with Crippen LogP contribution in [0.1, 0.15) is 34.8 Å². The average Bonchev–Trinajstić information content (AvgIpc) is 2.70. The standard InChI is InChI=1S/C15H22N2O/c1-10-4-5-14(11(2)6-10)15(18)17-9-13(8-16)7-12(17)3/h4-6,12-13H,7-9,16H2,1-3H3. The number of hydrogen-bond donors (Lipinski definition) is 1. The normalized spacial score (nSPS) is 23.4. The van der Waals surface area contributed by atoms with E-state index >= 15 is 0 Å². The molecule has 1 amide bonds. The molecular formula is C15H22N2O. The number of hydrogen-bond acceptors (Lipinski definition) is 2. The summed E-state index contributed by atoms with van der Waals surface area (Å²) in [7, 11) is 0. The zero-order valence-corrected chi connectivity index (χ0v) is 11.4.